The van der Waals surface area contributed by atoms with Crippen molar-refractivity contribution in [3.05, 3.63) is 23.0 Å². The predicted molar refractivity (Wildman–Crippen MR) is 73.3 cm³/mol. The van der Waals surface area contributed by atoms with Crippen LogP contribution in [0.1, 0.15) is 6.92 Å². The zero-order valence-electron chi connectivity index (χ0n) is 9.76. The largest absolute Gasteiger partial charge is 0.397 e. The molecule has 0 heterocycles. The number of thioether (sulfide) groups is 1. The Bertz CT molecular complexity index is 401. The molecule has 1 aromatic carbocycles. The van der Waals surface area contributed by atoms with Gasteiger partial charge in [-0.2, -0.15) is 11.8 Å². The van der Waals surface area contributed by atoms with Gasteiger partial charge in [0, 0.05) is 18.4 Å². The van der Waals surface area contributed by atoms with Crippen molar-refractivity contribution in [2.24, 2.45) is 0 Å². The van der Waals surface area contributed by atoms with Crippen molar-refractivity contribution >= 4 is 34.7 Å². The van der Waals surface area contributed by atoms with Gasteiger partial charge in [-0.3, -0.25) is 0 Å². The smallest absolute Gasteiger partial charge is 0.143 e. The SMILES string of the molecule is CSCC(C)(O)CNc1cc(F)c(Cl)cc1N. The standard InChI is InChI=1S/C11H16ClFN2OS/c1-11(16,6-17-2)5-15-10-4-8(13)7(12)3-9(10)14/h3-4,15-16H,5-6,14H2,1-2H3. The molecule has 17 heavy (non-hydrogen) atoms. The van der Waals surface area contributed by atoms with Crippen molar-refractivity contribution in [1.29, 1.82) is 0 Å². The van der Waals surface area contributed by atoms with Crippen molar-refractivity contribution in [2.45, 2.75) is 12.5 Å². The van der Waals surface area contributed by atoms with Crippen molar-refractivity contribution in [1.82, 2.24) is 0 Å². The lowest BCUT2D eigenvalue weighted by Gasteiger charge is -2.23. The first-order chi connectivity index (χ1) is 7.85. The second kappa shape index (κ2) is 5.80. The maximum absolute atomic E-state index is 13.2. The van der Waals surface area contributed by atoms with E-state index < -0.39 is 11.4 Å². The normalized spacial score (nSPS) is 14.4. The van der Waals surface area contributed by atoms with E-state index in [-0.39, 0.29) is 5.02 Å². The van der Waals surface area contributed by atoms with Crippen molar-refractivity contribution in [2.75, 3.05) is 29.6 Å². The quantitative estimate of drug-likeness (QED) is 0.725. The third kappa shape index (κ3) is 4.26. The molecule has 0 saturated carbocycles. The highest BCUT2D eigenvalue weighted by Crippen LogP contribution is 2.26. The summed E-state index contributed by atoms with van der Waals surface area (Å²) in [4.78, 5) is 0. The lowest BCUT2D eigenvalue weighted by molar-refractivity contribution is 0.0997. The van der Waals surface area contributed by atoms with Crippen LogP contribution in [0.15, 0.2) is 12.1 Å². The van der Waals surface area contributed by atoms with E-state index in [0.717, 1.165) is 0 Å². The van der Waals surface area contributed by atoms with Gasteiger partial charge in [0.05, 0.1) is 22.0 Å². The van der Waals surface area contributed by atoms with Crippen LogP contribution < -0.4 is 11.1 Å². The molecule has 1 rings (SSSR count). The molecule has 3 nitrogen and oxygen atoms in total. The molecule has 1 unspecified atom stereocenters. The third-order valence-corrected chi connectivity index (χ3v) is 3.41. The topological polar surface area (TPSA) is 58.3 Å². The highest BCUT2D eigenvalue weighted by atomic mass is 35.5. The number of nitrogen functional groups attached to an aromatic ring is 1. The average molecular weight is 279 g/mol. The predicted octanol–water partition coefficient (Wildman–Crippen LogP) is 2.59. The van der Waals surface area contributed by atoms with Crippen LogP contribution in [0, 0.1) is 5.82 Å². The van der Waals surface area contributed by atoms with Gasteiger partial charge >= 0.3 is 0 Å². The van der Waals surface area contributed by atoms with Crippen LogP contribution in [-0.2, 0) is 0 Å². The van der Waals surface area contributed by atoms with Crippen LogP contribution in [0.25, 0.3) is 0 Å². The first kappa shape index (κ1) is 14.4. The summed E-state index contributed by atoms with van der Waals surface area (Å²) in [7, 11) is 0. The second-order valence-electron chi connectivity index (χ2n) is 4.14. The number of aliphatic hydroxyl groups is 1. The molecule has 0 spiro atoms. The maximum atomic E-state index is 13.2. The Morgan fingerprint density at radius 1 is 1.59 bits per heavy atom. The van der Waals surface area contributed by atoms with E-state index in [1.807, 2.05) is 6.26 Å². The van der Waals surface area contributed by atoms with Crippen LogP contribution in [0.5, 0.6) is 0 Å². The molecule has 0 aliphatic heterocycles. The summed E-state index contributed by atoms with van der Waals surface area (Å²) in [5.41, 5.74) is 5.62. The number of halogens is 2. The highest BCUT2D eigenvalue weighted by Gasteiger charge is 2.19. The van der Waals surface area contributed by atoms with E-state index in [2.05, 4.69) is 5.32 Å². The van der Waals surface area contributed by atoms with Gasteiger partial charge in [-0.05, 0) is 19.2 Å². The Morgan fingerprint density at radius 3 is 2.82 bits per heavy atom. The summed E-state index contributed by atoms with van der Waals surface area (Å²) >= 11 is 7.13. The summed E-state index contributed by atoms with van der Waals surface area (Å²) in [6.45, 7) is 2.00. The average Bonchev–Trinajstić information content (AvgIpc) is 2.21. The molecular weight excluding hydrogens is 263 g/mol. The lowest BCUT2D eigenvalue weighted by atomic mass is 10.1. The monoisotopic (exact) mass is 278 g/mol. The number of nitrogens with two attached hydrogens (primary N) is 1. The summed E-state index contributed by atoms with van der Waals surface area (Å²) in [6.07, 6.45) is 1.91. The van der Waals surface area contributed by atoms with E-state index in [1.165, 1.54) is 23.9 Å². The molecular formula is C11H16ClFN2OS. The molecule has 4 N–H and O–H groups in total. The van der Waals surface area contributed by atoms with Gasteiger partial charge in [-0.1, -0.05) is 11.6 Å². The molecule has 0 saturated heterocycles. The maximum Gasteiger partial charge on any atom is 0.143 e. The van der Waals surface area contributed by atoms with E-state index >= 15 is 0 Å². The van der Waals surface area contributed by atoms with E-state index in [9.17, 15) is 9.50 Å². The fraction of sp³-hybridized carbons (Fsp3) is 0.455. The molecule has 1 aromatic rings. The molecule has 0 aliphatic rings. The van der Waals surface area contributed by atoms with Gasteiger partial charge in [-0.25, -0.2) is 4.39 Å². The molecule has 0 amide bonds. The van der Waals surface area contributed by atoms with Gasteiger partial charge in [0.2, 0.25) is 0 Å². The fourth-order valence-electron chi connectivity index (χ4n) is 1.36. The van der Waals surface area contributed by atoms with Crippen LogP contribution in [0.3, 0.4) is 0 Å². The first-order valence-corrected chi connectivity index (χ1v) is 6.82. The lowest BCUT2D eigenvalue weighted by Crippen LogP contribution is -2.36. The Balaban J connectivity index is 2.73. The van der Waals surface area contributed by atoms with Crippen LogP contribution >= 0.6 is 23.4 Å². The molecule has 0 radical (unpaired) electrons. The zero-order chi connectivity index (χ0) is 13.1. The minimum atomic E-state index is -0.873. The number of hydrogen-bond donors (Lipinski definition) is 3. The number of hydrogen-bond acceptors (Lipinski definition) is 4. The van der Waals surface area contributed by atoms with E-state index in [4.69, 9.17) is 17.3 Å². The summed E-state index contributed by atoms with van der Waals surface area (Å²) in [5.74, 6) is 0.0450. The summed E-state index contributed by atoms with van der Waals surface area (Å²) < 4.78 is 13.2. The number of benzene rings is 1. The van der Waals surface area contributed by atoms with Crippen LogP contribution in [0.2, 0.25) is 5.02 Å². The molecule has 0 aromatic heterocycles. The molecule has 0 aliphatic carbocycles. The number of nitrogens with one attached hydrogen (secondary N) is 1. The molecule has 1 atom stereocenters. The van der Waals surface area contributed by atoms with Crippen molar-refractivity contribution in [3.63, 3.8) is 0 Å². The van der Waals surface area contributed by atoms with Gasteiger partial charge in [-0.15, -0.1) is 0 Å². The van der Waals surface area contributed by atoms with Crippen molar-refractivity contribution < 1.29 is 9.50 Å². The fourth-order valence-corrected chi connectivity index (χ4v) is 2.26. The molecule has 6 heteroatoms. The van der Waals surface area contributed by atoms with E-state index in [0.29, 0.717) is 23.7 Å². The second-order valence-corrected chi connectivity index (χ2v) is 5.41. The Kier molecular flexibility index (Phi) is 4.91. The van der Waals surface area contributed by atoms with Gasteiger partial charge in [0.25, 0.3) is 0 Å². The zero-order valence-corrected chi connectivity index (χ0v) is 11.3. The third-order valence-electron chi connectivity index (χ3n) is 2.21. The van der Waals surface area contributed by atoms with E-state index in [1.54, 1.807) is 6.92 Å². The van der Waals surface area contributed by atoms with Gasteiger partial charge < -0.3 is 16.2 Å². The molecule has 0 fully saturated rings. The highest BCUT2D eigenvalue weighted by molar-refractivity contribution is 7.98. The minimum absolute atomic E-state index is 0.0103. The first-order valence-electron chi connectivity index (χ1n) is 5.05. The van der Waals surface area contributed by atoms with Crippen molar-refractivity contribution in [3.8, 4) is 0 Å². The summed E-state index contributed by atoms with van der Waals surface area (Å²) in [5, 5.41) is 12.9. The van der Waals surface area contributed by atoms with Gasteiger partial charge in [0.1, 0.15) is 5.82 Å². The number of anilines is 2. The molecule has 0 bridgehead atoms. The Morgan fingerprint density at radius 2 is 2.24 bits per heavy atom. The van der Waals surface area contributed by atoms with Crippen LogP contribution in [-0.4, -0.2) is 29.3 Å². The minimum Gasteiger partial charge on any atom is -0.397 e. The molecule has 96 valence electrons. The Labute approximate surface area is 110 Å². The Hall–Kier alpha value is -0.650. The van der Waals surface area contributed by atoms with Crippen LogP contribution in [0.4, 0.5) is 15.8 Å². The number of rotatable bonds is 5. The van der Waals surface area contributed by atoms with Gasteiger partial charge in [0.15, 0.2) is 0 Å². The summed E-state index contributed by atoms with van der Waals surface area (Å²) in [6, 6.07) is 2.58.